The van der Waals surface area contributed by atoms with Gasteiger partial charge in [-0.15, -0.1) is 0 Å². The second-order valence-corrected chi connectivity index (χ2v) is 9.05. The lowest BCUT2D eigenvalue weighted by Crippen LogP contribution is -2.50. The average Bonchev–Trinajstić information content (AvgIpc) is 2.58. The summed E-state index contributed by atoms with van der Waals surface area (Å²) in [4.78, 5) is 22.9. The number of rotatable bonds is 8. The van der Waals surface area contributed by atoms with Crippen LogP contribution in [0.15, 0.2) is 54.6 Å². The first kappa shape index (κ1) is 21.4. The first-order valence-corrected chi connectivity index (χ1v) is 10.4. The number of anilines is 1. The molecular formula is C19H23N3O5S. The van der Waals surface area contributed by atoms with Crippen molar-refractivity contribution in [2.45, 2.75) is 25.8 Å². The fourth-order valence-corrected chi connectivity index (χ4v) is 3.71. The number of amides is 1. The molecule has 1 N–H and O–H groups in total. The van der Waals surface area contributed by atoms with E-state index in [0.29, 0.717) is 6.42 Å². The number of sulfonamides is 1. The lowest BCUT2D eigenvalue weighted by atomic mass is 9.95. The zero-order valence-corrected chi connectivity index (χ0v) is 16.8. The number of nitro groups is 1. The fourth-order valence-electron chi connectivity index (χ4n) is 2.86. The summed E-state index contributed by atoms with van der Waals surface area (Å²) in [6.07, 6.45) is 1.52. The number of non-ortho nitro benzene ring substituents is 1. The molecule has 0 spiro atoms. The van der Waals surface area contributed by atoms with Crippen LogP contribution < -0.4 is 9.62 Å². The topological polar surface area (TPSA) is 110 Å². The maximum atomic E-state index is 12.5. The molecule has 0 unspecified atom stereocenters. The van der Waals surface area contributed by atoms with Gasteiger partial charge in [0.05, 0.1) is 16.9 Å². The molecule has 0 aliphatic rings. The molecule has 0 fully saturated rings. The highest BCUT2D eigenvalue weighted by molar-refractivity contribution is 7.92. The minimum atomic E-state index is -3.82. The van der Waals surface area contributed by atoms with Crippen LogP contribution in [0.3, 0.4) is 0 Å². The molecule has 1 amide bonds. The SMILES string of the molecule is CC(C)(Cc1ccccc1)NC(=O)CN(c1cccc([N+](=O)[O-])c1)S(C)(=O)=O. The fraction of sp³-hybridized carbons (Fsp3) is 0.316. The van der Waals surface area contributed by atoms with Gasteiger partial charge >= 0.3 is 0 Å². The number of nitro benzene ring substituents is 1. The van der Waals surface area contributed by atoms with E-state index in [2.05, 4.69) is 5.32 Å². The van der Waals surface area contributed by atoms with Gasteiger partial charge in [0.2, 0.25) is 15.9 Å². The third-order valence-corrected chi connectivity index (χ3v) is 5.12. The van der Waals surface area contributed by atoms with E-state index in [1.54, 1.807) is 0 Å². The van der Waals surface area contributed by atoms with Crippen molar-refractivity contribution in [2.75, 3.05) is 17.1 Å². The van der Waals surface area contributed by atoms with E-state index in [1.165, 1.54) is 18.2 Å². The number of nitrogens with one attached hydrogen (secondary N) is 1. The van der Waals surface area contributed by atoms with Gasteiger partial charge in [0.25, 0.3) is 5.69 Å². The Morgan fingerprint density at radius 3 is 2.36 bits per heavy atom. The molecule has 0 saturated carbocycles. The lowest BCUT2D eigenvalue weighted by molar-refractivity contribution is -0.384. The first-order chi connectivity index (χ1) is 13.0. The van der Waals surface area contributed by atoms with E-state index in [9.17, 15) is 23.3 Å². The van der Waals surface area contributed by atoms with Gasteiger partial charge in [-0.05, 0) is 31.9 Å². The molecular weight excluding hydrogens is 382 g/mol. The number of hydrogen-bond acceptors (Lipinski definition) is 5. The number of benzene rings is 2. The second kappa shape index (κ2) is 8.39. The number of hydrogen-bond donors (Lipinski definition) is 1. The Labute approximate surface area is 164 Å². The van der Waals surface area contributed by atoms with Crippen molar-refractivity contribution in [3.8, 4) is 0 Å². The summed E-state index contributed by atoms with van der Waals surface area (Å²) in [5.74, 6) is -0.502. The summed E-state index contributed by atoms with van der Waals surface area (Å²) in [7, 11) is -3.82. The Morgan fingerprint density at radius 2 is 1.79 bits per heavy atom. The van der Waals surface area contributed by atoms with Gasteiger partial charge < -0.3 is 5.32 Å². The predicted octanol–water partition coefficient (Wildman–Crippen LogP) is 2.50. The molecule has 0 aromatic heterocycles. The molecule has 0 atom stereocenters. The Morgan fingerprint density at radius 1 is 1.14 bits per heavy atom. The largest absolute Gasteiger partial charge is 0.349 e. The quantitative estimate of drug-likeness (QED) is 0.536. The van der Waals surface area contributed by atoms with Crippen molar-refractivity contribution in [1.29, 1.82) is 0 Å². The zero-order chi connectivity index (χ0) is 20.9. The third-order valence-electron chi connectivity index (χ3n) is 3.98. The summed E-state index contributed by atoms with van der Waals surface area (Å²) in [6.45, 7) is 3.21. The van der Waals surface area contributed by atoms with Crippen molar-refractivity contribution in [3.05, 3.63) is 70.3 Å². The van der Waals surface area contributed by atoms with E-state index in [1.807, 2.05) is 44.2 Å². The standard InChI is InChI=1S/C19H23N3O5S/c1-19(2,13-15-8-5-4-6-9-15)20-18(23)14-21(28(3,26)27)16-10-7-11-17(12-16)22(24)25/h4-12H,13-14H2,1-3H3,(H,20,23). The van der Waals surface area contributed by atoms with Crippen LogP contribution in [0.2, 0.25) is 0 Å². The van der Waals surface area contributed by atoms with Gasteiger partial charge in [-0.25, -0.2) is 8.42 Å². The molecule has 8 nitrogen and oxygen atoms in total. The summed E-state index contributed by atoms with van der Waals surface area (Å²) >= 11 is 0. The molecule has 0 saturated heterocycles. The third kappa shape index (κ3) is 6.05. The molecule has 28 heavy (non-hydrogen) atoms. The van der Waals surface area contributed by atoms with Crippen LogP contribution in [0.25, 0.3) is 0 Å². The normalized spacial score (nSPS) is 11.7. The van der Waals surface area contributed by atoms with Gasteiger partial charge in [0.15, 0.2) is 0 Å². The summed E-state index contributed by atoms with van der Waals surface area (Å²) in [5.41, 5.74) is 0.236. The molecule has 0 radical (unpaired) electrons. The van der Waals surface area contributed by atoms with Crippen LogP contribution in [0.1, 0.15) is 19.4 Å². The molecule has 2 aromatic carbocycles. The van der Waals surface area contributed by atoms with Crippen LogP contribution in [0.4, 0.5) is 11.4 Å². The maximum absolute atomic E-state index is 12.5. The van der Waals surface area contributed by atoms with Crippen LogP contribution in [0, 0.1) is 10.1 Å². The predicted molar refractivity (Wildman–Crippen MR) is 108 cm³/mol. The van der Waals surface area contributed by atoms with E-state index >= 15 is 0 Å². The summed E-state index contributed by atoms with van der Waals surface area (Å²) in [5, 5.41) is 13.8. The minimum Gasteiger partial charge on any atom is -0.349 e. The van der Waals surface area contributed by atoms with Crippen LogP contribution in [-0.2, 0) is 21.2 Å². The molecule has 0 bridgehead atoms. The zero-order valence-electron chi connectivity index (χ0n) is 16.0. The molecule has 150 valence electrons. The van der Waals surface area contributed by atoms with E-state index in [0.717, 1.165) is 22.2 Å². The van der Waals surface area contributed by atoms with Crippen molar-refractivity contribution in [1.82, 2.24) is 5.32 Å². The Hall–Kier alpha value is -2.94. The van der Waals surface area contributed by atoms with E-state index < -0.39 is 32.9 Å². The van der Waals surface area contributed by atoms with E-state index in [-0.39, 0.29) is 11.4 Å². The Kier molecular flexibility index (Phi) is 6.40. The van der Waals surface area contributed by atoms with E-state index in [4.69, 9.17) is 0 Å². The minimum absolute atomic E-state index is 0.0627. The average molecular weight is 405 g/mol. The van der Waals surface area contributed by atoms with Gasteiger partial charge in [-0.3, -0.25) is 19.2 Å². The highest BCUT2D eigenvalue weighted by atomic mass is 32.2. The van der Waals surface area contributed by atoms with Crippen LogP contribution >= 0.6 is 0 Å². The van der Waals surface area contributed by atoms with Gasteiger partial charge in [0.1, 0.15) is 6.54 Å². The number of nitrogens with zero attached hydrogens (tertiary/aromatic N) is 2. The van der Waals surface area contributed by atoms with Crippen molar-refractivity contribution < 1.29 is 18.1 Å². The van der Waals surface area contributed by atoms with Crippen molar-refractivity contribution in [3.63, 3.8) is 0 Å². The smallest absolute Gasteiger partial charge is 0.271 e. The summed E-state index contributed by atoms with van der Waals surface area (Å²) in [6, 6.07) is 14.8. The number of carbonyl (C=O) groups excluding carboxylic acids is 1. The van der Waals surface area contributed by atoms with Crippen molar-refractivity contribution in [2.24, 2.45) is 0 Å². The molecule has 0 heterocycles. The van der Waals surface area contributed by atoms with Gasteiger partial charge in [0, 0.05) is 17.7 Å². The highest BCUT2D eigenvalue weighted by Crippen LogP contribution is 2.23. The Balaban J connectivity index is 2.17. The molecule has 0 aliphatic heterocycles. The van der Waals surface area contributed by atoms with Crippen molar-refractivity contribution >= 4 is 27.3 Å². The lowest BCUT2D eigenvalue weighted by Gasteiger charge is -2.29. The number of carbonyl (C=O) groups is 1. The molecule has 9 heteroatoms. The molecule has 0 aliphatic carbocycles. The Bertz CT molecular complexity index is 959. The monoisotopic (exact) mass is 405 g/mol. The summed E-state index contributed by atoms with van der Waals surface area (Å²) < 4.78 is 25.2. The molecule has 2 aromatic rings. The molecule has 2 rings (SSSR count). The highest BCUT2D eigenvalue weighted by Gasteiger charge is 2.26. The second-order valence-electron chi connectivity index (χ2n) is 7.14. The maximum Gasteiger partial charge on any atom is 0.271 e. The van der Waals surface area contributed by atoms with Crippen LogP contribution in [0.5, 0.6) is 0 Å². The van der Waals surface area contributed by atoms with Crippen LogP contribution in [-0.4, -0.2) is 37.6 Å². The van der Waals surface area contributed by atoms with Gasteiger partial charge in [-0.1, -0.05) is 36.4 Å². The van der Waals surface area contributed by atoms with Gasteiger partial charge in [-0.2, -0.15) is 0 Å². The first-order valence-electron chi connectivity index (χ1n) is 8.55.